The number of ether oxygens (including phenoxy) is 1. The van der Waals surface area contributed by atoms with Crippen molar-refractivity contribution in [3.8, 4) is 0 Å². The minimum atomic E-state index is -8.10. The second-order valence-electron chi connectivity index (χ2n) is 6.85. The fourth-order valence-corrected chi connectivity index (χ4v) is 3.27. The van der Waals surface area contributed by atoms with E-state index in [0.717, 1.165) is 0 Å². The van der Waals surface area contributed by atoms with Gasteiger partial charge in [0.2, 0.25) is 6.61 Å². The Morgan fingerprint density at radius 1 is 0.684 bits per heavy atom. The van der Waals surface area contributed by atoms with Gasteiger partial charge in [-0.1, -0.05) is 5.16 Å². The number of esters is 1. The minimum Gasteiger partial charge on any atom is -0.463 e. The van der Waals surface area contributed by atoms with Gasteiger partial charge in [-0.3, -0.25) is 9.11 Å². The van der Waals surface area contributed by atoms with E-state index in [1.165, 1.54) is 0 Å². The van der Waals surface area contributed by atoms with Crippen molar-refractivity contribution in [3.05, 3.63) is 0 Å². The molecule has 0 unspecified atom stereocenters. The van der Waals surface area contributed by atoms with Gasteiger partial charge in [0.1, 0.15) is 11.5 Å². The highest BCUT2D eigenvalue weighted by atomic mass is 32.2. The second-order valence-corrected chi connectivity index (χ2v) is 9.76. The first-order chi connectivity index (χ1) is 16.4. The molecule has 0 aliphatic carbocycles. The zero-order valence-electron chi connectivity index (χ0n) is 17.5. The lowest BCUT2D eigenvalue weighted by Crippen LogP contribution is -2.70. The minimum absolute atomic E-state index is 1.20. The van der Waals surface area contributed by atoms with Gasteiger partial charge in [-0.05, 0) is 0 Å². The number of alkyl halides is 13. The monoisotopic (exact) mass is 637 g/mol. The fraction of sp³-hybridized carbons (Fsp3) is 0.846. The first kappa shape index (κ1) is 35.9. The van der Waals surface area contributed by atoms with Gasteiger partial charge in [0.05, 0.1) is 18.7 Å². The van der Waals surface area contributed by atoms with Crippen LogP contribution in [0.4, 0.5) is 57.1 Å². The highest BCUT2D eigenvalue weighted by Crippen LogP contribution is 2.60. The molecule has 0 spiro atoms. The quantitative estimate of drug-likeness (QED) is 0.0962. The van der Waals surface area contributed by atoms with Gasteiger partial charge in [-0.2, -0.15) is 73.9 Å². The molecule has 10 nitrogen and oxygen atoms in total. The van der Waals surface area contributed by atoms with E-state index in [2.05, 4.69) is 14.7 Å². The molecule has 0 aromatic carbocycles. The molecule has 0 saturated carbocycles. The van der Waals surface area contributed by atoms with E-state index in [-0.39, 0.29) is 0 Å². The number of halogens is 13. The zero-order chi connectivity index (χ0) is 30.8. The summed E-state index contributed by atoms with van der Waals surface area (Å²) in [5.41, 5.74) is -1.20. The zero-order valence-corrected chi connectivity index (χ0v) is 19.1. The Labute approximate surface area is 202 Å². The van der Waals surface area contributed by atoms with Gasteiger partial charge < -0.3 is 9.57 Å². The van der Waals surface area contributed by atoms with Gasteiger partial charge in [-0.15, -0.1) is 0 Å². The third-order valence-corrected chi connectivity index (χ3v) is 5.15. The Hall–Kier alpha value is -2.15. The van der Waals surface area contributed by atoms with Gasteiger partial charge in [0.15, 0.2) is 0 Å². The van der Waals surface area contributed by atoms with Crippen LogP contribution >= 0.6 is 0 Å². The molecule has 0 aromatic rings. The van der Waals surface area contributed by atoms with Crippen LogP contribution < -0.4 is 0 Å². The van der Waals surface area contributed by atoms with Crippen molar-refractivity contribution < 1.29 is 97.4 Å². The average molecular weight is 637 g/mol. The third kappa shape index (κ3) is 8.42. The van der Waals surface area contributed by atoms with Crippen LogP contribution in [0.25, 0.3) is 0 Å². The van der Waals surface area contributed by atoms with Gasteiger partial charge in [0.25, 0.3) is 20.2 Å². The van der Waals surface area contributed by atoms with Crippen molar-refractivity contribution in [3.63, 3.8) is 0 Å². The SMILES string of the molecule is O=C(CON=C(CS(=O)(=O)O)CS(=O)(=O)O)OCCC(F)(F)C(F)(F)C(F)(F)C(F)(F)C(F)(F)C(F)(F)F. The van der Waals surface area contributed by atoms with Crippen molar-refractivity contribution >= 4 is 31.9 Å². The number of oxime groups is 1. The van der Waals surface area contributed by atoms with Crippen molar-refractivity contribution in [2.24, 2.45) is 5.16 Å². The maximum absolute atomic E-state index is 13.5. The van der Waals surface area contributed by atoms with E-state index >= 15 is 0 Å². The first-order valence-corrected chi connectivity index (χ1v) is 11.8. The van der Waals surface area contributed by atoms with Crippen molar-refractivity contribution in [2.75, 3.05) is 24.7 Å². The Morgan fingerprint density at radius 3 is 1.45 bits per heavy atom. The van der Waals surface area contributed by atoms with Gasteiger partial charge >= 0.3 is 41.8 Å². The van der Waals surface area contributed by atoms with Crippen LogP contribution in [0.3, 0.4) is 0 Å². The summed E-state index contributed by atoms with van der Waals surface area (Å²) < 4.78 is 232. The Kier molecular flexibility index (Phi) is 10.5. The van der Waals surface area contributed by atoms with E-state index in [1.807, 2.05) is 0 Å². The smallest absolute Gasteiger partial charge is 0.460 e. The average Bonchev–Trinajstić information content (AvgIpc) is 2.63. The Morgan fingerprint density at radius 2 is 1.08 bits per heavy atom. The Balaban J connectivity index is 5.44. The topological polar surface area (TPSA) is 157 Å². The van der Waals surface area contributed by atoms with Crippen molar-refractivity contribution in [1.82, 2.24) is 0 Å². The molecule has 0 rings (SSSR count). The van der Waals surface area contributed by atoms with Crippen LogP contribution in [0.15, 0.2) is 5.16 Å². The van der Waals surface area contributed by atoms with Crippen LogP contribution in [0.1, 0.15) is 6.42 Å². The molecule has 0 fully saturated rings. The van der Waals surface area contributed by atoms with E-state index in [9.17, 15) is 78.7 Å². The summed E-state index contributed by atoms with van der Waals surface area (Å²) in [4.78, 5) is 15.2. The molecule has 0 amide bonds. The molecule has 38 heavy (non-hydrogen) atoms. The molecule has 226 valence electrons. The number of hydrogen-bond acceptors (Lipinski definition) is 8. The maximum Gasteiger partial charge on any atom is 0.460 e. The molecule has 0 aliphatic heterocycles. The molecule has 0 aromatic heterocycles. The van der Waals surface area contributed by atoms with Crippen molar-refractivity contribution in [2.45, 2.75) is 42.2 Å². The predicted molar refractivity (Wildman–Crippen MR) is 92.6 cm³/mol. The lowest BCUT2D eigenvalue weighted by Gasteiger charge is -2.39. The lowest BCUT2D eigenvalue weighted by atomic mass is 9.93. The second kappa shape index (κ2) is 11.1. The van der Waals surface area contributed by atoms with Gasteiger partial charge in [0, 0.05) is 0 Å². The maximum atomic E-state index is 13.5. The Bertz CT molecular complexity index is 1070. The largest absolute Gasteiger partial charge is 0.463 e. The highest BCUT2D eigenvalue weighted by molar-refractivity contribution is 7.88. The number of rotatable bonds is 14. The number of hydrogen-bond donors (Lipinski definition) is 2. The third-order valence-electron chi connectivity index (χ3n) is 3.75. The number of nitrogens with zero attached hydrogens (tertiary/aromatic N) is 1. The van der Waals surface area contributed by atoms with Crippen LogP contribution in [0.5, 0.6) is 0 Å². The normalized spacial score (nSPS) is 14.7. The molecular weight excluding hydrogens is 625 g/mol. The summed E-state index contributed by atoms with van der Waals surface area (Å²) in [6, 6.07) is 0. The molecule has 0 radical (unpaired) electrons. The molecular formula is C13H12F13NO9S2. The van der Waals surface area contributed by atoms with Crippen molar-refractivity contribution in [1.29, 1.82) is 0 Å². The number of carbonyl (C=O) groups excluding carboxylic acids is 1. The van der Waals surface area contributed by atoms with Crippen LogP contribution in [-0.4, -0.2) is 98.1 Å². The molecule has 0 bridgehead atoms. The molecule has 0 heterocycles. The van der Waals surface area contributed by atoms with Crippen LogP contribution in [0, 0.1) is 0 Å². The molecule has 0 saturated heterocycles. The fourth-order valence-electron chi connectivity index (χ4n) is 1.99. The summed E-state index contributed by atoms with van der Waals surface area (Å²) in [6.07, 6.45) is -10.4. The first-order valence-electron chi connectivity index (χ1n) is 8.62. The summed E-state index contributed by atoms with van der Waals surface area (Å²) in [5, 5.41) is 2.66. The van der Waals surface area contributed by atoms with E-state index in [4.69, 9.17) is 9.11 Å². The highest BCUT2D eigenvalue weighted by Gasteiger charge is 2.90. The summed E-state index contributed by atoms with van der Waals surface area (Å²) in [6.45, 7) is -3.75. The lowest BCUT2D eigenvalue weighted by molar-refractivity contribution is -0.440. The van der Waals surface area contributed by atoms with E-state index in [1.54, 1.807) is 0 Å². The summed E-state index contributed by atoms with van der Waals surface area (Å²) in [5.74, 6) is -43.3. The van der Waals surface area contributed by atoms with E-state index in [0.29, 0.717) is 0 Å². The van der Waals surface area contributed by atoms with Crippen LogP contribution in [-0.2, 0) is 34.6 Å². The van der Waals surface area contributed by atoms with Gasteiger partial charge in [-0.25, -0.2) is 4.79 Å². The molecule has 0 aliphatic rings. The van der Waals surface area contributed by atoms with E-state index < -0.39 is 98.8 Å². The van der Waals surface area contributed by atoms with Crippen LogP contribution in [0.2, 0.25) is 0 Å². The molecule has 0 atom stereocenters. The molecule has 25 heteroatoms. The summed E-state index contributed by atoms with van der Waals surface area (Å²) in [7, 11) is -10.0. The summed E-state index contributed by atoms with van der Waals surface area (Å²) >= 11 is 0. The standard InChI is InChI=1S/C13H12F13NO9S2/c14-8(15,9(16,17)10(18,19)11(20,21)12(22,23)13(24,25)26)1-2-35-7(28)3-36-27-6(4-37(29,30)31)5-38(32,33)34/h1-5H2,(H,29,30,31)(H,32,33,34). The predicted octanol–water partition coefficient (Wildman–Crippen LogP) is 2.81. The molecule has 2 N–H and O–H groups in total. The number of carbonyl (C=O) groups is 1.